The fourth-order valence-electron chi connectivity index (χ4n) is 1.97. The molecular weight excluding hydrogens is 218 g/mol. The Morgan fingerprint density at radius 2 is 2.24 bits per heavy atom. The Bertz CT molecular complexity index is 336. The third kappa shape index (κ3) is 3.24. The molecule has 0 saturated heterocycles. The topological polar surface area (TPSA) is 78.0 Å². The average molecular weight is 241 g/mol. The molecule has 0 aliphatic heterocycles. The van der Waals surface area contributed by atoms with Crippen molar-refractivity contribution in [2.75, 3.05) is 6.61 Å². The van der Waals surface area contributed by atoms with Crippen LogP contribution >= 0.6 is 0 Å². The summed E-state index contributed by atoms with van der Waals surface area (Å²) >= 11 is 0. The van der Waals surface area contributed by atoms with E-state index in [1.54, 1.807) is 6.20 Å². The molecule has 0 aliphatic carbocycles. The van der Waals surface area contributed by atoms with Gasteiger partial charge in [0.05, 0.1) is 23.5 Å². The minimum absolute atomic E-state index is 0.135. The van der Waals surface area contributed by atoms with Gasteiger partial charge in [-0.3, -0.25) is 5.84 Å². The largest absolute Gasteiger partial charge is 0.374 e. The molecule has 0 radical (unpaired) electrons. The molecule has 0 fully saturated rings. The molecule has 1 aromatic heterocycles. The third-order valence-electron chi connectivity index (χ3n) is 2.76. The summed E-state index contributed by atoms with van der Waals surface area (Å²) < 4.78 is 7.59. The van der Waals surface area contributed by atoms with Gasteiger partial charge in [-0.25, -0.2) is 10.1 Å². The van der Waals surface area contributed by atoms with Gasteiger partial charge in [-0.15, -0.1) is 5.10 Å². The maximum atomic E-state index is 5.73. The van der Waals surface area contributed by atoms with Gasteiger partial charge in [-0.2, -0.15) is 0 Å². The molecule has 1 atom stereocenters. The molecule has 1 rings (SSSR count). The van der Waals surface area contributed by atoms with E-state index < -0.39 is 5.60 Å². The maximum absolute atomic E-state index is 5.73. The Hall–Kier alpha value is -0.980. The van der Waals surface area contributed by atoms with Gasteiger partial charge in [0.25, 0.3) is 0 Å². The fraction of sp³-hybridized carbons (Fsp3) is 0.818. The lowest BCUT2D eigenvalue weighted by Crippen LogP contribution is -2.45. The zero-order valence-electron chi connectivity index (χ0n) is 11.1. The highest BCUT2D eigenvalue weighted by molar-refractivity contribution is 5.08. The van der Waals surface area contributed by atoms with Crippen LogP contribution in [0.3, 0.4) is 0 Å². The molecule has 6 nitrogen and oxygen atoms in total. The first-order chi connectivity index (χ1) is 8.06. The number of nitrogens with zero attached hydrogens (tertiary/aromatic N) is 3. The molecule has 1 heterocycles. The van der Waals surface area contributed by atoms with Crippen LogP contribution in [0.25, 0.3) is 0 Å². The second-order valence-corrected chi connectivity index (χ2v) is 4.52. The number of nitrogens with two attached hydrogens (primary N) is 1. The lowest BCUT2D eigenvalue weighted by atomic mass is 9.96. The number of hydrogen-bond donors (Lipinski definition) is 2. The van der Waals surface area contributed by atoms with Crippen LogP contribution in [-0.4, -0.2) is 27.2 Å². The van der Waals surface area contributed by atoms with E-state index in [1.165, 1.54) is 0 Å². The van der Waals surface area contributed by atoms with Gasteiger partial charge in [-0.05, 0) is 27.2 Å². The van der Waals surface area contributed by atoms with Crippen molar-refractivity contribution in [3.63, 3.8) is 0 Å². The van der Waals surface area contributed by atoms with Crippen molar-refractivity contribution in [1.29, 1.82) is 0 Å². The molecule has 6 heteroatoms. The molecule has 1 unspecified atom stereocenters. The van der Waals surface area contributed by atoms with Gasteiger partial charge < -0.3 is 4.74 Å². The van der Waals surface area contributed by atoms with Crippen LogP contribution in [0, 0.1) is 0 Å². The van der Waals surface area contributed by atoms with Gasteiger partial charge >= 0.3 is 0 Å². The molecule has 0 aliphatic rings. The third-order valence-corrected chi connectivity index (χ3v) is 2.76. The number of aromatic nitrogens is 3. The van der Waals surface area contributed by atoms with Crippen LogP contribution < -0.4 is 11.3 Å². The predicted octanol–water partition coefficient (Wildman–Crippen LogP) is 1.01. The zero-order valence-corrected chi connectivity index (χ0v) is 11.1. The van der Waals surface area contributed by atoms with Crippen molar-refractivity contribution < 1.29 is 4.74 Å². The van der Waals surface area contributed by atoms with Crippen LogP contribution in [0.15, 0.2) is 6.20 Å². The highest BCUT2D eigenvalue weighted by Crippen LogP contribution is 2.27. The molecular formula is C11H23N5O. The Morgan fingerprint density at radius 1 is 1.53 bits per heavy atom. The standard InChI is InChI=1S/C11H23N5O/c1-5-7-16-9(8-13-15-16)10(14-12)11(3,4)17-6-2/h8,10,14H,5-7,12H2,1-4H3. The van der Waals surface area contributed by atoms with Crippen LogP contribution in [0.5, 0.6) is 0 Å². The van der Waals surface area contributed by atoms with E-state index >= 15 is 0 Å². The van der Waals surface area contributed by atoms with Gasteiger partial charge in [0.15, 0.2) is 0 Å². The summed E-state index contributed by atoms with van der Waals surface area (Å²) in [6, 6.07) is -0.135. The zero-order chi connectivity index (χ0) is 12.9. The Balaban J connectivity index is 2.96. The van der Waals surface area contributed by atoms with Crippen LogP contribution in [0.4, 0.5) is 0 Å². The summed E-state index contributed by atoms with van der Waals surface area (Å²) in [6.07, 6.45) is 2.74. The summed E-state index contributed by atoms with van der Waals surface area (Å²) in [6.45, 7) is 9.55. The molecule has 3 N–H and O–H groups in total. The number of aryl methyl sites for hydroxylation is 1. The molecule has 0 aromatic carbocycles. The van der Waals surface area contributed by atoms with Crippen molar-refractivity contribution in [3.05, 3.63) is 11.9 Å². The van der Waals surface area contributed by atoms with Crippen molar-refractivity contribution in [2.24, 2.45) is 5.84 Å². The van der Waals surface area contributed by atoms with E-state index in [4.69, 9.17) is 10.6 Å². The van der Waals surface area contributed by atoms with Crippen molar-refractivity contribution in [2.45, 2.75) is 52.3 Å². The average Bonchev–Trinajstić information content (AvgIpc) is 2.67. The van der Waals surface area contributed by atoms with Gasteiger partial charge in [0.1, 0.15) is 0 Å². The lowest BCUT2D eigenvalue weighted by molar-refractivity contribution is -0.0413. The minimum atomic E-state index is -0.406. The Morgan fingerprint density at radius 3 is 2.76 bits per heavy atom. The minimum Gasteiger partial charge on any atom is -0.374 e. The van der Waals surface area contributed by atoms with Crippen molar-refractivity contribution in [1.82, 2.24) is 20.4 Å². The monoisotopic (exact) mass is 241 g/mol. The molecule has 0 saturated carbocycles. The highest BCUT2D eigenvalue weighted by atomic mass is 16.5. The fourth-order valence-corrected chi connectivity index (χ4v) is 1.97. The number of ether oxygens (including phenoxy) is 1. The second kappa shape index (κ2) is 6.09. The highest BCUT2D eigenvalue weighted by Gasteiger charge is 2.33. The second-order valence-electron chi connectivity index (χ2n) is 4.52. The Kier molecular flexibility index (Phi) is 5.04. The first-order valence-electron chi connectivity index (χ1n) is 6.05. The van der Waals surface area contributed by atoms with Gasteiger partial charge in [-0.1, -0.05) is 12.1 Å². The van der Waals surface area contributed by atoms with E-state index in [2.05, 4.69) is 22.7 Å². The summed E-state index contributed by atoms with van der Waals surface area (Å²) in [5.74, 6) is 5.65. The summed E-state index contributed by atoms with van der Waals surface area (Å²) in [5, 5.41) is 8.01. The number of hydrazine groups is 1. The molecule has 1 aromatic rings. The van der Waals surface area contributed by atoms with E-state index in [0.29, 0.717) is 6.61 Å². The first kappa shape index (κ1) is 14.1. The molecule has 0 amide bonds. The normalized spacial score (nSPS) is 13.9. The van der Waals surface area contributed by atoms with Crippen molar-refractivity contribution in [3.8, 4) is 0 Å². The van der Waals surface area contributed by atoms with Crippen molar-refractivity contribution >= 4 is 0 Å². The smallest absolute Gasteiger partial charge is 0.0929 e. The van der Waals surface area contributed by atoms with Crippen LogP contribution in [0.2, 0.25) is 0 Å². The number of rotatable bonds is 7. The van der Waals surface area contributed by atoms with Gasteiger partial charge in [0, 0.05) is 13.2 Å². The maximum Gasteiger partial charge on any atom is 0.0929 e. The molecule has 17 heavy (non-hydrogen) atoms. The summed E-state index contributed by atoms with van der Waals surface area (Å²) in [5.41, 5.74) is 3.35. The van der Waals surface area contributed by atoms with E-state index in [0.717, 1.165) is 18.7 Å². The van der Waals surface area contributed by atoms with E-state index in [9.17, 15) is 0 Å². The van der Waals surface area contributed by atoms with Crippen LogP contribution in [-0.2, 0) is 11.3 Å². The molecule has 98 valence electrons. The molecule has 0 bridgehead atoms. The van der Waals surface area contributed by atoms with E-state index in [-0.39, 0.29) is 6.04 Å². The Labute approximate surface area is 102 Å². The number of nitrogens with one attached hydrogen (secondary N) is 1. The van der Waals surface area contributed by atoms with Gasteiger partial charge in [0.2, 0.25) is 0 Å². The first-order valence-corrected chi connectivity index (χ1v) is 6.05. The number of hydrogen-bond acceptors (Lipinski definition) is 5. The molecule has 0 spiro atoms. The van der Waals surface area contributed by atoms with E-state index in [1.807, 2.05) is 25.5 Å². The predicted molar refractivity (Wildman–Crippen MR) is 66.1 cm³/mol. The SMILES string of the molecule is CCCn1nncc1C(NN)C(C)(C)OCC. The quantitative estimate of drug-likeness (QED) is 0.550. The lowest BCUT2D eigenvalue weighted by Gasteiger charge is -2.33. The summed E-state index contributed by atoms with van der Waals surface area (Å²) in [4.78, 5) is 0. The van der Waals surface area contributed by atoms with Crippen LogP contribution in [0.1, 0.15) is 45.9 Å². The summed E-state index contributed by atoms with van der Waals surface area (Å²) in [7, 11) is 0.